The number of carboxylic acid groups (broad SMARTS) is 1. The van der Waals surface area contributed by atoms with Gasteiger partial charge in [-0.3, -0.25) is 14.5 Å². The maximum Gasteiger partial charge on any atom is 0.353 e. The highest BCUT2D eigenvalue weighted by Crippen LogP contribution is 2.40. The fourth-order valence-electron chi connectivity index (χ4n) is 3.57. The Bertz CT molecular complexity index is 1210. The second kappa shape index (κ2) is 10.0. The number of rotatable bonds is 8. The SMILES string of the molecule is CON=C(C(=O)NC1C(=O)N2C(C(=O)O)=C(CSc3cccc[n+]3C)SCC12)c1csc(N)n1. The number of amides is 2. The second-order valence-electron chi connectivity index (χ2n) is 7.25. The summed E-state index contributed by atoms with van der Waals surface area (Å²) in [5.41, 5.74) is 5.71. The first-order chi connectivity index (χ1) is 16.3. The monoisotopic (exact) mass is 521 g/mol. The van der Waals surface area contributed by atoms with Gasteiger partial charge in [0.15, 0.2) is 17.0 Å². The molecule has 0 bridgehead atoms. The number of aromatic nitrogens is 2. The van der Waals surface area contributed by atoms with E-state index < -0.39 is 29.9 Å². The molecule has 4 N–H and O–H groups in total. The van der Waals surface area contributed by atoms with Crippen LogP contribution in [0.2, 0.25) is 0 Å². The summed E-state index contributed by atoms with van der Waals surface area (Å²) in [6.07, 6.45) is 1.91. The average molecular weight is 522 g/mol. The Kier molecular flexibility index (Phi) is 7.09. The van der Waals surface area contributed by atoms with E-state index in [2.05, 4.69) is 15.5 Å². The molecule has 0 radical (unpaired) electrons. The fraction of sp³-hybridized carbons (Fsp3) is 0.300. The van der Waals surface area contributed by atoms with Crippen LogP contribution in [0.25, 0.3) is 0 Å². The first kappa shape index (κ1) is 24.0. The number of carbonyl (C=O) groups excluding carboxylic acids is 2. The molecule has 11 nitrogen and oxygen atoms in total. The molecule has 0 aromatic carbocycles. The van der Waals surface area contributed by atoms with Crippen molar-refractivity contribution in [3.05, 3.63) is 46.1 Å². The number of fused-ring (bicyclic) bond motifs is 1. The van der Waals surface area contributed by atoms with Crippen molar-refractivity contribution in [1.82, 2.24) is 15.2 Å². The average Bonchev–Trinajstić information content (AvgIpc) is 3.25. The first-order valence-corrected chi connectivity index (χ1v) is 12.8. The van der Waals surface area contributed by atoms with Gasteiger partial charge in [0.05, 0.1) is 6.04 Å². The maximum absolute atomic E-state index is 12.9. The molecular formula is C20H21N6O5S3+. The first-order valence-electron chi connectivity index (χ1n) is 9.95. The maximum atomic E-state index is 12.9. The zero-order valence-corrected chi connectivity index (χ0v) is 20.6. The van der Waals surface area contributed by atoms with Crippen LogP contribution in [0.5, 0.6) is 0 Å². The Morgan fingerprint density at radius 1 is 1.47 bits per heavy atom. The normalized spacial score (nSPS) is 20.0. The predicted molar refractivity (Wildman–Crippen MR) is 128 cm³/mol. The van der Waals surface area contributed by atoms with E-state index in [0.717, 1.165) is 16.4 Å². The zero-order chi connectivity index (χ0) is 24.4. The number of thiazole rings is 1. The van der Waals surface area contributed by atoms with E-state index in [1.165, 1.54) is 35.5 Å². The van der Waals surface area contributed by atoms with E-state index in [-0.39, 0.29) is 22.2 Å². The van der Waals surface area contributed by atoms with Crippen molar-refractivity contribution in [3.8, 4) is 0 Å². The van der Waals surface area contributed by atoms with Crippen molar-refractivity contribution in [3.63, 3.8) is 0 Å². The number of pyridine rings is 1. The molecular weight excluding hydrogens is 500 g/mol. The molecule has 0 aliphatic carbocycles. The molecule has 2 atom stereocenters. The lowest BCUT2D eigenvalue weighted by Gasteiger charge is -2.49. The van der Waals surface area contributed by atoms with Crippen LogP contribution in [0.1, 0.15) is 5.69 Å². The third-order valence-corrected chi connectivity index (χ3v) is 8.37. The van der Waals surface area contributed by atoms with E-state index in [4.69, 9.17) is 10.6 Å². The van der Waals surface area contributed by atoms with E-state index in [0.29, 0.717) is 16.4 Å². The van der Waals surface area contributed by atoms with Gasteiger partial charge in [0.2, 0.25) is 5.03 Å². The minimum Gasteiger partial charge on any atom is -0.477 e. The number of nitrogens with two attached hydrogens (primary N) is 1. The molecule has 14 heteroatoms. The zero-order valence-electron chi connectivity index (χ0n) is 18.1. The number of oxime groups is 1. The predicted octanol–water partition coefficient (Wildman–Crippen LogP) is 0.431. The van der Waals surface area contributed by atoms with Crippen molar-refractivity contribution in [2.75, 3.05) is 24.3 Å². The molecule has 1 saturated heterocycles. The van der Waals surface area contributed by atoms with Gasteiger partial charge in [0, 0.05) is 33.9 Å². The number of aliphatic carboxylic acids is 1. The molecule has 1 fully saturated rings. The summed E-state index contributed by atoms with van der Waals surface area (Å²) in [4.78, 5) is 48.5. The molecule has 2 unspecified atom stereocenters. The number of carbonyl (C=O) groups is 3. The molecule has 34 heavy (non-hydrogen) atoms. The summed E-state index contributed by atoms with van der Waals surface area (Å²) in [5.74, 6) is -1.46. The molecule has 4 heterocycles. The van der Waals surface area contributed by atoms with Crippen molar-refractivity contribution in [2.24, 2.45) is 12.2 Å². The molecule has 4 rings (SSSR count). The van der Waals surface area contributed by atoms with Gasteiger partial charge in [-0.1, -0.05) is 16.9 Å². The highest BCUT2D eigenvalue weighted by atomic mass is 32.2. The number of hydrogen-bond donors (Lipinski definition) is 3. The van der Waals surface area contributed by atoms with Gasteiger partial charge in [-0.2, -0.15) is 4.57 Å². The number of nitrogens with zero attached hydrogens (tertiary/aromatic N) is 4. The van der Waals surface area contributed by atoms with Gasteiger partial charge in [-0.05, 0) is 6.07 Å². The summed E-state index contributed by atoms with van der Waals surface area (Å²) < 4.78 is 1.94. The Balaban J connectivity index is 1.50. The smallest absolute Gasteiger partial charge is 0.353 e. The van der Waals surface area contributed by atoms with Crippen molar-refractivity contribution >= 4 is 63.5 Å². The van der Waals surface area contributed by atoms with E-state index in [1.54, 1.807) is 5.38 Å². The second-order valence-corrected chi connectivity index (χ2v) is 10.2. The Hall–Kier alpha value is -3.10. The summed E-state index contributed by atoms with van der Waals surface area (Å²) in [6, 6.07) is 4.39. The minimum absolute atomic E-state index is 0.0408. The lowest BCUT2D eigenvalue weighted by atomic mass is 9.94. The molecule has 2 aromatic rings. The number of anilines is 1. The van der Waals surface area contributed by atoms with Crippen LogP contribution < -0.4 is 15.6 Å². The highest BCUT2D eigenvalue weighted by molar-refractivity contribution is 8.06. The Labute approximate surface area is 207 Å². The summed E-state index contributed by atoms with van der Waals surface area (Å²) in [7, 11) is 3.20. The van der Waals surface area contributed by atoms with Gasteiger partial charge in [-0.15, -0.1) is 23.1 Å². The fourth-order valence-corrected chi connectivity index (χ4v) is 6.52. The third kappa shape index (κ3) is 4.60. The van der Waals surface area contributed by atoms with Crippen LogP contribution in [-0.4, -0.2) is 69.2 Å². The number of carboxylic acids is 1. The van der Waals surface area contributed by atoms with E-state index >= 15 is 0 Å². The van der Waals surface area contributed by atoms with Gasteiger partial charge in [-0.25, -0.2) is 9.78 Å². The molecule has 178 valence electrons. The van der Waals surface area contributed by atoms with Crippen LogP contribution in [0, 0.1) is 0 Å². The molecule has 2 aliphatic rings. The van der Waals surface area contributed by atoms with Gasteiger partial charge in [0.25, 0.3) is 11.8 Å². The molecule has 0 spiro atoms. The lowest BCUT2D eigenvalue weighted by molar-refractivity contribution is -0.708. The summed E-state index contributed by atoms with van der Waals surface area (Å²) in [6.45, 7) is 0. The van der Waals surface area contributed by atoms with Crippen LogP contribution >= 0.6 is 34.9 Å². The lowest BCUT2D eigenvalue weighted by Crippen LogP contribution is -2.73. The quantitative estimate of drug-likeness (QED) is 0.148. The number of nitrogen functional groups attached to an aromatic ring is 1. The largest absolute Gasteiger partial charge is 0.477 e. The Morgan fingerprint density at radius 2 is 2.26 bits per heavy atom. The van der Waals surface area contributed by atoms with Crippen molar-refractivity contribution in [2.45, 2.75) is 17.1 Å². The van der Waals surface area contributed by atoms with Crippen LogP contribution in [0.4, 0.5) is 5.13 Å². The number of nitrogens with one attached hydrogen (secondary N) is 1. The molecule has 2 aromatic heterocycles. The highest BCUT2D eigenvalue weighted by Gasteiger charge is 2.54. The Morgan fingerprint density at radius 3 is 2.91 bits per heavy atom. The molecule has 2 amide bonds. The van der Waals surface area contributed by atoms with E-state index in [1.807, 2.05) is 36.0 Å². The summed E-state index contributed by atoms with van der Waals surface area (Å²) in [5, 5.41) is 19.0. The van der Waals surface area contributed by atoms with Gasteiger partial charge >= 0.3 is 5.97 Å². The molecule has 2 aliphatic heterocycles. The standard InChI is InChI=1S/C20H20N6O5S3/c1-25-6-4-3-5-13(25)33-9-12-16(19(29)30)26-11(8-32-12)15(18(26)28)23-17(27)14(24-31-2)10-7-34-20(21)22-10/h3-7,11,15H,8-9H2,1-2H3,(H3-,21,22,23,27,29,30)/p+1. The minimum atomic E-state index is -1.18. The van der Waals surface area contributed by atoms with Crippen LogP contribution in [0.15, 0.2) is 50.6 Å². The third-order valence-electron chi connectivity index (χ3n) is 5.16. The van der Waals surface area contributed by atoms with Crippen molar-refractivity contribution in [1.29, 1.82) is 0 Å². The van der Waals surface area contributed by atoms with E-state index in [9.17, 15) is 19.5 Å². The number of β-lactam (4-membered cyclic amide) rings is 1. The molecule has 0 saturated carbocycles. The summed E-state index contributed by atoms with van der Waals surface area (Å²) >= 11 is 4.01. The topological polar surface area (TPSA) is 151 Å². The number of hydrogen-bond acceptors (Lipinski definition) is 10. The van der Waals surface area contributed by atoms with Crippen molar-refractivity contribution < 1.29 is 28.9 Å². The van der Waals surface area contributed by atoms with Gasteiger partial charge < -0.3 is 21.0 Å². The number of aryl methyl sites for hydroxylation is 1. The number of thioether (sulfide) groups is 2. The van der Waals surface area contributed by atoms with Crippen LogP contribution in [-0.2, 0) is 26.3 Å². The van der Waals surface area contributed by atoms with Gasteiger partial charge in [0.1, 0.15) is 31.6 Å². The van der Waals surface area contributed by atoms with Crippen LogP contribution in [0.3, 0.4) is 0 Å².